The van der Waals surface area contributed by atoms with E-state index in [1.165, 1.54) is 0 Å². The Kier molecular flexibility index (Phi) is 3.97. The van der Waals surface area contributed by atoms with E-state index in [4.69, 9.17) is 5.26 Å². The van der Waals surface area contributed by atoms with Crippen LogP contribution in [0, 0.1) is 11.3 Å². The molecule has 1 heterocycles. The molecule has 1 amide bonds. The Morgan fingerprint density at radius 2 is 1.88 bits per heavy atom. The van der Waals surface area contributed by atoms with Crippen molar-refractivity contribution in [2.45, 2.75) is 18.9 Å². The average molecular weight is 236 g/mol. The molecule has 2 aliphatic rings. The van der Waals surface area contributed by atoms with Crippen LogP contribution in [-0.2, 0) is 4.79 Å². The van der Waals surface area contributed by atoms with Crippen molar-refractivity contribution in [3.63, 3.8) is 0 Å². The number of likely N-dealkylation sites (N-methyl/N-ethyl adjacent to an activating group) is 1. The van der Waals surface area contributed by atoms with Gasteiger partial charge in [0.15, 0.2) is 0 Å². The molecule has 17 heavy (non-hydrogen) atoms. The molecule has 0 atom stereocenters. The first kappa shape index (κ1) is 12.3. The van der Waals surface area contributed by atoms with Crippen molar-refractivity contribution >= 4 is 5.91 Å². The van der Waals surface area contributed by atoms with Crippen LogP contribution in [0.4, 0.5) is 0 Å². The lowest BCUT2D eigenvalue weighted by Crippen LogP contribution is -2.49. The van der Waals surface area contributed by atoms with Gasteiger partial charge in [-0.15, -0.1) is 0 Å². The maximum atomic E-state index is 11.9. The van der Waals surface area contributed by atoms with E-state index < -0.39 is 0 Å². The number of hydrogen-bond acceptors (Lipinski definition) is 4. The van der Waals surface area contributed by atoms with Crippen molar-refractivity contribution in [3.8, 4) is 6.07 Å². The molecule has 1 saturated heterocycles. The highest BCUT2D eigenvalue weighted by molar-refractivity contribution is 5.78. The first-order valence-corrected chi connectivity index (χ1v) is 6.28. The highest BCUT2D eigenvalue weighted by Gasteiger charge is 2.30. The average Bonchev–Trinajstić information content (AvgIpc) is 3.15. The van der Waals surface area contributed by atoms with Crippen LogP contribution >= 0.6 is 0 Å². The maximum absolute atomic E-state index is 11.9. The molecule has 0 N–H and O–H groups in total. The molecule has 0 aromatic heterocycles. The molecule has 0 unspecified atom stereocenters. The quantitative estimate of drug-likeness (QED) is 0.632. The fraction of sp³-hybridized carbons (Fsp3) is 0.833. The van der Waals surface area contributed by atoms with Gasteiger partial charge in [-0.3, -0.25) is 14.6 Å². The van der Waals surface area contributed by atoms with Gasteiger partial charge in [0.1, 0.15) is 0 Å². The fourth-order valence-electron chi connectivity index (χ4n) is 2.17. The molecule has 1 aliphatic heterocycles. The Hall–Kier alpha value is -1.12. The van der Waals surface area contributed by atoms with Crippen molar-refractivity contribution < 1.29 is 4.79 Å². The SMILES string of the molecule is CN(C(=O)CN1CCN(CC#N)CC1)C1CC1. The molecular weight excluding hydrogens is 216 g/mol. The first-order chi connectivity index (χ1) is 8.20. The number of nitrogens with zero attached hydrogens (tertiary/aromatic N) is 4. The van der Waals surface area contributed by atoms with Crippen molar-refractivity contribution in [2.75, 3.05) is 46.3 Å². The lowest BCUT2D eigenvalue weighted by molar-refractivity contribution is -0.132. The third kappa shape index (κ3) is 3.42. The molecule has 0 aromatic rings. The van der Waals surface area contributed by atoms with Gasteiger partial charge in [0.2, 0.25) is 5.91 Å². The van der Waals surface area contributed by atoms with Crippen LogP contribution in [0.2, 0.25) is 0 Å². The minimum atomic E-state index is 0.237. The molecule has 2 rings (SSSR count). The molecule has 5 nitrogen and oxygen atoms in total. The lowest BCUT2D eigenvalue weighted by Gasteiger charge is -2.33. The highest BCUT2D eigenvalue weighted by Crippen LogP contribution is 2.25. The molecule has 94 valence electrons. The Bertz CT molecular complexity index is 313. The second kappa shape index (κ2) is 5.48. The summed E-state index contributed by atoms with van der Waals surface area (Å²) < 4.78 is 0. The van der Waals surface area contributed by atoms with Crippen LogP contribution in [0.3, 0.4) is 0 Å². The molecule has 2 fully saturated rings. The smallest absolute Gasteiger partial charge is 0.236 e. The van der Waals surface area contributed by atoms with Crippen LogP contribution in [0.1, 0.15) is 12.8 Å². The van der Waals surface area contributed by atoms with Gasteiger partial charge in [-0.2, -0.15) is 5.26 Å². The molecular formula is C12H20N4O. The Balaban J connectivity index is 1.70. The topological polar surface area (TPSA) is 50.6 Å². The molecule has 0 spiro atoms. The van der Waals surface area contributed by atoms with Crippen LogP contribution in [0.25, 0.3) is 0 Å². The van der Waals surface area contributed by atoms with Crippen LogP contribution in [0.15, 0.2) is 0 Å². The second-order valence-corrected chi connectivity index (χ2v) is 4.95. The summed E-state index contributed by atoms with van der Waals surface area (Å²) in [5.74, 6) is 0.237. The summed E-state index contributed by atoms with van der Waals surface area (Å²) in [6.45, 7) is 4.62. The molecule has 0 radical (unpaired) electrons. The third-order valence-corrected chi connectivity index (χ3v) is 3.61. The second-order valence-electron chi connectivity index (χ2n) is 4.95. The van der Waals surface area contributed by atoms with Crippen molar-refractivity contribution in [1.82, 2.24) is 14.7 Å². The standard InChI is InChI=1S/C12H20N4O/c1-14(11-2-3-11)12(17)10-16-8-6-15(5-4-13)7-9-16/h11H,2-3,5-10H2,1H3. The minimum Gasteiger partial charge on any atom is -0.342 e. The molecule has 0 bridgehead atoms. The van der Waals surface area contributed by atoms with E-state index in [9.17, 15) is 4.79 Å². The van der Waals surface area contributed by atoms with Crippen LogP contribution in [0.5, 0.6) is 0 Å². The summed E-state index contributed by atoms with van der Waals surface area (Å²) in [7, 11) is 1.91. The summed E-state index contributed by atoms with van der Waals surface area (Å²) >= 11 is 0. The highest BCUT2D eigenvalue weighted by atomic mass is 16.2. The van der Waals surface area contributed by atoms with Gasteiger partial charge >= 0.3 is 0 Å². The lowest BCUT2D eigenvalue weighted by atomic mass is 10.3. The normalized spacial score (nSPS) is 22.1. The zero-order valence-corrected chi connectivity index (χ0v) is 10.4. The molecule has 5 heteroatoms. The van der Waals surface area contributed by atoms with E-state index in [0.717, 1.165) is 39.0 Å². The van der Waals surface area contributed by atoms with E-state index >= 15 is 0 Å². The van der Waals surface area contributed by atoms with Crippen molar-refractivity contribution in [2.24, 2.45) is 0 Å². The Labute approximate surface area is 103 Å². The van der Waals surface area contributed by atoms with Crippen molar-refractivity contribution in [1.29, 1.82) is 5.26 Å². The van der Waals surface area contributed by atoms with E-state index in [-0.39, 0.29) is 5.91 Å². The predicted octanol–water partition coefficient (Wildman–Crippen LogP) is -0.252. The van der Waals surface area contributed by atoms with Gasteiger partial charge in [0.25, 0.3) is 0 Å². The van der Waals surface area contributed by atoms with Gasteiger partial charge in [-0.25, -0.2) is 0 Å². The number of nitriles is 1. The minimum absolute atomic E-state index is 0.237. The summed E-state index contributed by atoms with van der Waals surface area (Å²) in [6.07, 6.45) is 2.33. The Morgan fingerprint density at radius 3 is 2.41 bits per heavy atom. The van der Waals surface area contributed by atoms with Crippen LogP contribution < -0.4 is 0 Å². The number of amides is 1. The summed E-state index contributed by atoms with van der Waals surface area (Å²) in [4.78, 5) is 18.1. The van der Waals surface area contributed by atoms with Gasteiger partial charge in [-0.1, -0.05) is 0 Å². The number of carbonyl (C=O) groups is 1. The monoisotopic (exact) mass is 236 g/mol. The predicted molar refractivity (Wildman–Crippen MR) is 64.3 cm³/mol. The maximum Gasteiger partial charge on any atom is 0.236 e. The largest absolute Gasteiger partial charge is 0.342 e. The third-order valence-electron chi connectivity index (χ3n) is 3.61. The fourth-order valence-corrected chi connectivity index (χ4v) is 2.17. The van der Waals surface area contributed by atoms with Crippen LogP contribution in [-0.4, -0.2) is 73.0 Å². The number of carbonyl (C=O) groups excluding carboxylic acids is 1. The van der Waals surface area contributed by atoms with E-state index in [2.05, 4.69) is 15.9 Å². The van der Waals surface area contributed by atoms with Gasteiger partial charge < -0.3 is 4.90 Å². The van der Waals surface area contributed by atoms with E-state index in [0.29, 0.717) is 19.1 Å². The molecule has 1 aliphatic carbocycles. The van der Waals surface area contributed by atoms with Gasteiger partial charge in [0, 0.05) is 39.3 Å². The Morgan fingerprint density at radius 1 is 1.29 bits per heavy atom. The first-order valence-electron chi connectivity index (χ1n) is 6.28. The van der Waals surface area contributed by atoms with E-state index in [1.807, 2.05) is 11.9 Å². The van der Waals surface area contributed by atoms with Gasteiger partial charge in [0.05, 0.1) is 19.2 Å². The van der Waals surface area contributed by atoms with E-state index in [1.54, 1.807) is 0 Å². The van der Waals surface area contributed by atoms with Gasteiger partial charge in [-0.05, 0) is 12.8 Å². The zero-order chi connectivity index (χ0) is 12.3. The number of piperazine rings is 1. The molecule has 1 saturated carbocycles. The molecule has 0 aromatic carbocycles. The zero-order valence-electron chi connectivity index (χ0n) is 10.4. The number of rotatable bonds is 4. The summed E-state index contributed by atoms with van der Waals surface area (Å²) in [5, 5.41) is 8.60. The van der Waals surface area contributed by atoms with Crippen molar-refractivity contribution in [3.05, 3.63) is 0 Å². The summed E-state index contributed by atoms with van der Waals surface area (Å²) in [6, 6.07) is 2.67. The number of hydrogen-bond donors (Lipinski definition) is 0. The summed E-state index contributed by atoms with van der Waals surface area (Å²) in [5.41, 5.74) is 0.